The Morgan fingerprint density at radius 2 is 2.12 bits per heavy atom. The molecule has 1 amide bonds. The monoisotopic (exact) mass is 311 g/mol. The maximum Gasteiger partial charge on any atom is 0.412 e. The van der Waals surface area contributed by atoms with E-state index in [1.807, 2.05) is 41.8 Å². The lowest BCUT2D eigenvalue weighted by Crippen LogP contribution is -2.12. The molecule has 0 saturated carbocycles. The van der Waals surface area contributed by atoms with Crippen molar-refractivity contribution in [3.05, 3.63) is 51.8 Å². The quantitative estimate of drug-likeness (QED) is 0.919. The van der Waals surface area contributed by atoms with Gasteiger partial charge in [-0.05, 0) is 27.6 Å². The average molecular weight is 312 g/mol. The van der Waals surface area contributed by atoms with Gasteiger partial charge in [0.1, 0.15) is 6.61 Å². The smallest absolute Gasteiger partial charge is 0.412 e. The minimum Gasteiger partial charge on any atom is -0.444 e. The van der Waals surface area contributed by atoms with Crippen LogP contribution in [0.4, 0.5) is 9.80 Å². The van der Waals surface area contributed by atoms with Gasteiger partial charge in [0.2, 0.25) is 0 Å². The average Bonchev–Trinajstić information content (AvgIpc) is 2.73. The lowest BCUT2D eigenvalue weighted by Gasteiger charge is -2.04. The van der Waals surface area contributed by atoms with Gasteiger partial charge in [-0.15, -0.1) is 11.3 Å². The number of nitrogens with one attached hydrogen (secondary N) is 1. The van der Waals surface area contributed by atoms with E-state index in [9.17, 15) is 4.79 Å². The molecule has 0 saturated heterocycles. The zero-order valence-corrected chi connectivity index (χ0v) is 11.3. The lowest BCUT2D eigenvalue weighted by molar-refractivity contribution is 0.155. The Bertz CT molecular complexity index is 498. The Kier molecular flexibility index (Phi) is 4.17. The van der Waals surface area contributed by atoms with E-state index in [2.05, 4.69) is 21.2 Å². The largest absolute Gasteiger partial charge is 0.444 e. The van der Waals surface area contributed by atoms with Crippen LogP contribution in [0, 0.1) is 0 Å². The summed E-state index contributed by atoms with van der Waals surface area (Å²) in [5, 5.41) is 5.32. The third-order valence-corrected chi connectivity index (χ3v) is 3.61. The number of rotatable bonds is 3. The molecule has 0 bridgehead atoms. The summed E-state index contributed by atoms with van der Waals surface area (Å²) in [5.74, 6) is 0. The zero-order valence-electron chi connectivity index (χ0n) is 8.85. The minimum absolute atomic E-state index is 0.277. The molecule has 88 valence electrons. The number of ether oxygens (including phenoxy) is 1. The van der Waals surface area contributed by atoms with Crippen LogP contribution in [0.5, 0.6) is 0 Å². The second kappa shape index (κ2) is 5.84. The van der Waals surface area contributed by atoms with Crippen LogP contribution < -0.4 is 5.32 Å². The number of amides is 1. The van der Waals surface area contributed by atoms with E-state index in [-0.39, 0.29) is 6.61 Å². The van der Waals surface area contributed by atoms with Crippen LogP contribution in [0.25, 0.3) is 0 Å². The lowest BCUT2D eigenvalue weighted by atomic mass is 10.2. The fourth-order valence-corrected chi connectivity index (χ4v) is 2.54. The van der Waals surface area contributed by atoms with Crippen LogP contribution in [-0.4, -0.2) is 6.09 Å². The van der Waals surface area contributed by atoms with Gasteiger partial charge in [0, 0.05) is 9.85 Å². The SMILES string of the molecule is O=C(Nc1cc(Br)cs1)OCc1ccccc1. The van der Waals surface area contributed by atoms with Gasteiger partial charge in [-0.25, -0.2) is 4.79 Å². The van der Waals surface area contributed by atoms with Crippen molar-refractivity contribution in [1.29, 1.82) is 0 Å². The van der Waals surface area contributed by atoms with E-state index in [1.165, 1.54) is 11.3 Å². The number of benzene rings is 1. The van der Waals surface area contributed by atoms with E-state index in [4.69, 9.17) is 4.74 Å². The topological polar surface area (TPSA) is 38.3 Å². The number of carbonyl (C=O) groups excluding carboxylic acids is 1. The first-order chi connectivity index (χ1) is 8.24. The van der Waals surface area contributed by atoms with Crippen LogP contribution in [0.2, 0.25) is 0 Å². The summed E-state index contributed by atoms with van der Waals surface area (Å²) in [7, 11) is 0. The van der Waals surface area contributed by atoms with Gasteiger partial charge in [0.25, 0.3) is 0 Å². The molecule has 0 fully saturated rings. The van der Waals surface area contributed by atoms with Crippen LogP contribution in [0.15, 0.2) is 46.3 Å². The molecule has 1 N–H and O–H groups in total. The number of halogens is 1. The second-order valence-electron chi connectivity index (χ2n) is 3.32. The molecule has 3 nitrogen and oxygen atoms in total. The Labute approximate surface area is 112 Å². The van der Waals surface area contributed by atoms with Gasteiger partial charge in [0.05, 0.1) is 5.00 Å². The molecule has 0 unspecified atom stereocenters. The fraction of sp³-hybridized carbons (Fsp3) is 0.0833. The molecule has 17 heavy (non-hydrogen) atoms. The van der Waals surface area contributed by atoms with E-state index >= 15 is 0 Å². The van der Waals surface area contributed by atoms with Gasteiger partial charge < -0.3 is 4.74 Å². The third kappa shape index (κ3) is 3.87. The first-order valence-corrected chi connectivity index (χ1v) is 6.63. The molecule has 5 heteroatoms. The fourth-order valence-electron chi connectivity index (χ4n) is 1.24. The van der Waals surface area contributed by atoms with Gasteiger partial charge in [0.15, 0.2) is 0 Å². The van der Waals surface area contributed by atoms with Crippen molar-refractivity contribution in [2.24, 2.45) is 0 Å². The molecule has 2 aromatic rings. The van der Waals surface area contributed by atoms with Gasteiger partial charge in [-0.2, -0.15) is 0 Å². The second-order valence-corrected chi connectivity index (χ2v) is 5.14. The molecule has 1 aromatic heterocycles. The molecule has 0 aliphatic rings. The maximum absolute atomic E-state index is 11.5. The minimum atomic E-state index is -0.441. The molecule has 0 atom stereocenters. The Morgan fingerprint density at radius 3 is 2.76 bits per heavy atom. The summed E-state index contributed by atoms with van der Waals surface area (Å²) >= 11 is 4.76. The molecule has 1 aromatic carbocycles. The summed E-state index contributed by atoms with van der Waals surface area (Å²) in [4.78, 5) is 11.5. The Hall–Kier alpha value is -1.33. The molecule has 0 aliphatic heterocycles. The normalized spacial score (nSPS) is 9.94. The number of thiophene rings is 1. The summed E-state index contributed by atoms with van der Waals surface area (Å²) in [6.45, 7) is 0.277. The highest BCUT2D eigenvalue weighted by Crippen LogP contribution is 2.24. The first-order valence-electron chi connectivity index (χ1n) is 4.96. The van der Waals surface area contributed by atoms with Crippen LogP contribution in [0.3, 0.4) is 0 Å². The molecule has 0 aliphatic carbocycles. The first kappa shape index (κ1) is 12.1. The molecule has 0 radical (unpaired) electrons. The van der Waals surface area contributed by atoms with Crippen molar-refractivity contribution in [3.8, 4) is 0 Å². The number of hydrogen-bond donors (Lipinski definition) is 1. The standard InChI is InChI=1S/C12H10BrNO2S/c13-10-6-11(17-8-10)14-12(15)16-7-9-4-2-1-3-5-9/h1-6,8H,7H2,(H,14,15). The summed E-state index contributed by atoms with van der Waals surface area (Å²) in [5.41, 5.74) is 0.968. The van der Waals surface area contributed by atoms with Crippen molar-refractivity contribution in [2.75, 3.05) is 5.32 Å². The Morgan fingerprint density at radius 1 is 1.35 bits per heavy atom. The summed E-state index contributed by atoms with van der Waals surface area (Å²) < 4.78 is 6.03. The zero-order chi connectivity index (χ0) is 12.1. The summed E-state index contributed by atoms with van der Waals surface area (Å²) in [6.07, 6.45) is -0.441. The Balaban J connectivity index is 1.82. The summed E-state index contributed by atoms with van der Waals surface area (Å²) in [6, 6.07) is 11.4. The number of anilines is 1. The highest BCUT2D eigenvalue weighted by atomic mass is 79.9. The van der Waals surface area contributed by atoms with E-state index in [0.29, 0.717) is 0 Å². The predicted octanol–water partition coefficient (Wildman–Crippen LogP) is 4.26. The molecular weight excluding hydrogens is 302 g/mol. The highest BCUT2D eigenvalue weighted by Gasteiger charge is 2.05. The molecule has 0 spiro atoms. The van der Waals surface area contributed by atoms with Crippen molar-refractivity contribution in [2.45, 2.75) is 6.61 Å². The molecule has 1 heterocycles. The van der Waals surface area contributed by atoms with Crippen molar-refractivity contribution >= 4 is 38.4 Å². The number of hydrogen-bond acceptors (Lipinski definition) is 3. The number of carbonyl (C=O) groups is 1. The van der Waals surface area contributed by atoms with Crippen molar-refractivity contribution in [1.82, 2.24) is 0 Å². The van der Waals surface area contributed by atoms with E-state index in [0.717, 1.165) is 15.0 Å². The van der Waals surface area contributed by atoms with Crippen LogP contribution >= 0.6 is 27.3 Å². The van der Waals surface area contributed by atoms with Gasteiger partial charge in [-0.3, -0.25) is 5.32 Å². The van der Waals surface area contributed by atoms with Crippen molar-refractivity contribution < 1.29 is 9.53 Å². The molecular formula is C12H10BrNO2S. The third-order valence-electron chi connectivity index (χ3n) is 2.01. The molecule has 2 rings (SSSR count). The van der Waals surface area contributed by atoms with Crippen LogP contribution in [0.1, 0.15) is 5.56 Å². The van der Waals surface area contributed by atoms with Gasteiger partial charge in [-0.1, -0.05) is 30.3 Å². The highest BCUT2D eigenvalue weighted by molar-refractivity contribution is 9.10. The predicted molar refractivity (Wildman–Crippen MR) is 72.3 cm³/mol. The van der Waals surface area contributed by atoms with Crippen LogP contribution in [-0.2, 0) is 11.3 Å². The van der Waals surface area contributed by atoms with Gasteiger partial charge >= 0.3 is 6.09 Å². The van der Waals surface area contributed by atoms with E-state index in [1.54, 1.807) is 0 Å². The maximum atomic E-state index is 11.5. The van der Waals surface area contributed by atoms with Crippen molar-refractivity contribution in [3.63, 3.8) is 0 Å². The van der Waals surface area contributed by atoms with E-state index < -0.39 is 6.09 Å².